The lowest BCUT2D eigenvalue weighted by atomic mass is 9.92. The van der Waals surface area contributed by atoms with Crippen LogP contribution < -0.4 is 4.72 Å². The lowest BCUT2D eigenvalue weighted by molar-refractivity contribution is -0.130. The molecule has 0 bridgehead atoms. The molecule has 2 unspecified atom stereocenters. The summed E-state index contributed by atoms with van der Waals surface area (Å²) in [6.07, 6.45) is 0.890. The van der Waals surface area contributed by atoms with Gasteiger partial charge in [-0.3, -0.25) is 19.2 Å². The molecule has 0 heterocycles. The number of benzene rings is 1. The summed E-state index contributed by atoms with van der Waals surface area (Å²) in [6.45, 7) is 4.07. The highest BCUT2D eigenvalue weighted by Gasteiger charge is 2.64. The van der Waals surface area contributed by atoms with E-state index in [0.717, 1.165) is 17.5 Å². The standard InChI is InChI=1S/C16H21N3O4S2/c1-4-9-19(15(21)24-17-3)14(20)16(10-13(16)18-25(22)23)12-7-5-11(2)6-8-12/h5-8,13,17H,4,9-10H2,1-3H3. The Hall–Kier alpha value is -1.71. The van der Waals surface area contributed by atoms with Gasteiger partial charge in [-0.05, 0) is 32.4 Å². The summed E-state index contributed by atoms with van der Waals surface area (Å²) >= 11 is 0.828. The van der Waals surface area contributed by atoms with Gasteiger partial charge in [0.2, 0.25) is 5.91 Å². The Kier molecular flexibility index (Phi) is 6.36. The van der Waals surface area contributed by atoms with E-state index in [0.29, 0.717) is 12.0 Å². The van der Waals surface area contributed by atoms with Gasteiger partial charge >= 0.3 is 15.7 Å². The summed E-state index contributed by atoms with van der Waals surface area (Å²) in [5.41, 5.74) is 0.623. The van der Waals surface area contributed by atoms with Crippen LogP contribution in [0.25, 0.3) is 0 Å². The summed E-state index contributed by atoms with van der Waals surface area (Å²) in [7, 11) is -1.00. The van der Waals surface area contributed by atoms with Crippen LogP contribution in [0.4, 0.5) is 4.79 Å². The van der Waals surface area contributed by atoms with Gasteiger partial charge in [-0.2, -0.15) is 12.8 Å². The van der Waals surface area contributed by atoms with Crippen molar-refractivity contribution in [3.05, 3.63) is 35.4 Å². The van der Waals surface area contributed by atoms with Crippen LogP contribution in [0, 0.1) is 6.92 Å². The van der Waals surface area contributed by atoms with E-state index < -0.39 is 33.1 Å². The molecule has 2 atom stereocenters. The first-order valence-corrected chi connectivity index (χ1v) is 9.78. The summed E-state index contributed by atoms with van der Waals surface area (Å²) < 4.78 is 28.3. The van der Waals surface area contributed by atoms with Crippen LogP contribution in [0.15, 0.2) is 28.6 Å². The van der Waals surface area contributed by atoms with Crippen molar-refractivity contribution in [3.8, 4) is 0 Å². The number of carbonyl (C=O) groups is 2. The number of hydrogen-bond acceptors (Lipinski definition) is 7. The molecular formula is C16H21N3O4S2. The topological polar surface area (TPSA) is 95.9 Å². The minimum absolute atomic E-state index is 0.271. The zero-order chi connectivity index (χ0) is 18.6. The van der Waals surface area contributed by atoms with Gasteiger partial charge in [-0.15, -0.1) is 0 Å². The fourth-order valence-electron chi connectivity index (χ4n) is 2.87. The van der Waals surface area contributed by atoms with E-state index in [1.54, 1.807) is 19.2 Å². The molecule has 0 aliphatic heterocycles. The first-order valence-electron chi connectivity index (χ1n) is 7.93. The smallest absolute Gasteiger partial charge is 0.273 e. The average molecular weight is 383 g/mol. The van der Waals surface area contributed by atoms with E-state index in [1.165, 1.54) is 4.90 Å². The van der Waals surface area contributed by atoms with Gasteiger partial charge < -0.3 is 0 Å². The molecule has 1 aliphatic carbocycles. The lowest BCUT2D eigenvalue weighted by Gasteiger charge is -2.25. The Balaban J connectivity index is 2.45. The third-order valence-electron chi connectivity index (χ3n) is 4.19. The second-order valence-corrected chi connectivity index (χ2v) is 7.52. The quantitative estimate of drug-likeness (QED) is 0.757. The maximum absolute atomic E-state index is 13.2. The zero-order valence-corrected chi connectivity index (χ0v) is 16.0. The lowest BCUT2D eigenvalue weighted by Crippen LogP contribution is -2.44. The predicted octanol–water partition coefficient (Wildman–Crippen LogP) is 2.29. The highest BCUT2D eigenvalue weighted by Crippen LogP contribution is 2.52. The molecule has 25 heavy (non-hydrogen) atoms. The second-order valence-electron chi connectivity index (χ2n) is 5.91. The fraction of sp³-hybridized carbons (Fsp3) is 0.500. The van der Waals surface area contributed by atoms with Crippen molar-refractivity contribution < 1.29 is 18.0 Å². The number of nitrogens with zero attached hydrogens (tertiary/aromatic N) is 2. The molecule has 1 fully saturated rings. The second kappa shape index (κ2) is 8.11. The van der Waals surface area contributed by atoms with Crippen LogP contribution in [-0.2, 0) is 20.7 Å². The maximum atomic E-state index is 13.2. The van der Waals surface area contributed by atoms with Crippen molar-refractivity contribution in [2.75, 3.05) is 13.6 Å². The van der Waals surface area contributed by atoms with Crippen molar-refractivity contribution in [1.29, 1.82) is 0 Å². The van der Waals surface area contributed by atoms with Crippen LogP contribution in [0.3, 0.4) is 0 Å². The first kappa shape index (κ1) is 19.6. The van der Waals surface area contributed by atoms with E-state index in [4.69, 9.17) is 0 Å². The number of nitrogens with one attached hydrogen (secondary N) is 1. The molecule has 1 N–H and O–H groups in total. The van der Waals surface area contributed by atoms with Crippen LogP contribution in [-0.4, -0.2) is 44.1 Å². The predicted molar refractivity (Wildman–Crippen MR) is 96.7 cm³/mol. The molecule has 1 aromatic rings. The number of carbonyl (C=O) groups excluding carboxylic acids is 2. The van der Waals surface area contributed by atoms with Gasteiger partial charge in [0.05, 0.1) is 6.04 Å². The largest absolute Gasteiger partial charge is 0.311 e. The molecule has 2 rings (SSSR count). The summed E-state index contributed by atoms with van der Waals surface area (Å²) in [4.78, 5) is 26.7. The van der Waals surface area contributed by atoms with E-state index in [1.807, 2.05) is 26.0 Å². The molecule has 7 nitrogen and oxygen atoms in total. The molecule has 136 valence electrons. The van der Waals surface area contributed by atoms with Gasteiger partial charge in [0.15, 0.2) is 0 Å². The minimum Gasteiger partial charge on any atom is -0.273 e. The minimum atomic E-state index is -2.60. The van der Waals surface area contributed by atoms with Crippen molar-refractivity contribution in [1.82, 2.24) is 9.62 Å². The van der Waals surface area contributed by atoms with Crippen molar-refractivity contribution in [3.63, 3.8) is 0 Å². The van der Waals surface area contributed by atoms with E-state index in [2.05, 4.69) is 9.08 Å². The van der Waals surface area contributed by atoms with Crippen molar-refractivity contribution in [2.45, 2.75) is 38.1 Å². The van der Waals surface area contributed by atoms with E-state index in [-0.39, 0.29) is 13.0 Å². The number of amides is 2. The van der Waals surface area contributed by atoms with Crippen molar-refractivity contribution in [2.24, 2.45) is 4.36 Å². The molecule has 1 aliphatic rings. The van der Waals surface area contributed by atoms with Gasteiger partial charge in [0.25, 0.3) is 0 Å². The maximum Gasteiger partial charge on any atom is 0.311 e. The number of hydrogen-bond donors (Lipinski definition) is 1. The van der Waals surface area contributed by atoms with Gasteiger partial charge in [-0.1, -0.05) is 36.8 Å². The third-order valence-corrected chi connectivity index (χ3v) is 5.21. The average Bonchev–Trinajstić information content (AvgIpc) is 3.27. The highest BCUT2D eigenvalue weighted by molar-refractivity contribution is 8.11. The zero-order valence-electron chi connectivity index (χ0n) is 14.4. The van der Waals surface area contributed by atoms with Crippen LogP contribution in [0.5, 0.6) is 0 Å². The molecule has 0 radical (unpaired) electrons. The van der Waals surface area contributed by atoms with Gasteiger partial charge in [0.1, 0.15) is 5.41 Å². The van der Waals surface area contributed by atoms with E-state index in [9.17, 15) is 18.0 Å². The third kappa shape index (κ3) is 4.10. The normalized spacial score (nSPS) is 21.5. The molecule has 1 saturated carbocycles. The van der Waals surface area contributed by atoms with Gasteiger partial charge in [0, 0.05) is 18.5 Å². The number of imide groups is 1. The Morgan fingerprint density at radius 3 is 2.52 bits per heavy atom. The summed E-state index contributed by atoms with van der Waals surface area (Å²) in [5, 5.41) is -0.408. The first-order chi connectivity index (χ1) is 11.9. The van der Waals surface area contributed by atoms with Crippen LogP contribution in [0.1, 0.15) is 30.9 Å². The van der Waals surface area contributed by atoms with E-state index >= 15 is 0 Å². The summed E-state index contributed by atoms with van der Waals surface area (Å²) in [6, 6.07) is 6.66. The highest BCUT2D eigenvalue weighted by atomic mass is 32.2. The Labute approximate surface area is 153 Å². The SMILES string of the molecule is CCCN(C(=O)SNC)C(=O)C1(c2ccc(C)cc2)CC1N=S(=O)=O. The molecule has 1 aromatic carbocycles. The monoisotopic (exact) mass is 383 g/mol. The Morgan fingerprint density at radius 2 is 2.00 bits per heavy atom. The Morgan fingerprint density at radius 1 is 1.36 bits per heavy atom. The summed E-state index contributed by atoms with van der Waals surface area (Å²) in [5.74, 6) is -0.398. The molecular weight excluding hydrogens is 362 g/mol. The molecule has 2 amide bonds. The fourth-order valence-corrected chi connectivity index (χ4v) is 3.80. The molecule has 9 heteroatoms. The number of aryl methyl sites for hydroxylation is 1. The van der Waals surface area contributed by atoms with Gasteiger partial charge in [-0.25, -0.2) is 0 Å². The Bertz CT molecular complexity index is 784. The number of rotatable bonds is 6. The molecule has 0 spiro atoms. The van der Waals surface area contributed by atoms with Crippen molar-refractivity contribution >= 4 is 33.6 Å². The van der Waals surface area contributed by atoms with Crippen LogP contribution in [0.2, 0.25) is 0 Å². The van der Waals surface area contributed by atoms with Crippen LogP contribution >= 0.6 is 11.9 Å². The molecule has 0 saturated heterocycles. The molecule has 0 aromatic heterocycles.